The van der Waals surface area contributed by atoms with Crippen LogP contribution >= 0.6 is 0 Å². The van der Waals surface area contributed by atoms with Gasteiger partial charge in [-0.1, -0.05) is 18.2 Å². The molecule has 1 aliphatic rings. The largest absolute Gasteiger partial charge is 0.573 e. The van der Waals surface area contributed by atoms with E-state index in [1.807, 2.05) is 0 Å². The van der Waals surface area contributed by atoms with Crippen molar-refractivity contribution in [1.29, 1.82) is 0 Å². The molecule has 0 saturated heterocycles. The SMILES string of the molecule is CN(CCC(=O)Nc1ccc2c(c1)OCCO2)Cc1ccccc1OC(F)(F)F. The fourth-order valence-electron chi connectivity index (χ4n) is 2.87. The third kappa shape index (κ3) is 6.28. The zero-order chi connectivity index (χ0) is 20.9. The molecule has 0 saturated carbocycles. The first-order valence-corrected chi connectivity index (χ1v) is 9.02. The first-order chi connectivity index (χ1) is 13.8. The molecule has 0 fully saturated rings. The Kier molecular flexibility index (Phi) is 6.48. The van der Waals surface area contributed by atoms with Crippen LogP contribution in [0.3, 0.4) is 0 Å². The molecule has 9 heteroatoms. The molecule has 2 aromatic carbocycles. The number of hydrogen-bond donors (Lipinski definition) is 1. The van der Waals surface area contributed by atoms with Crippen LogP contribution in [0.5, 0.6) is 17.2 Å². The molecule has 156 valence electrons. The molecule has 1 heterocycles. The molecule has 0 radical (unpaired) electrons. The van der Waals surface area contributed by atoms with Crippen molar-refractivity contribution in [3.8, 4) is 17.2 Å². The molecule has 0 aliphatic carbocycles. The van der Waals surface area contributed by atoms with Crippen LogP contribution < -0.4 is 19.5 Å². The zero-order valence-corrected chi connectivity index (χ0v) is 15.8. The predicted octanol–water partition coefficient (Wildman–Crippen LogP) is 3.82. The molecule has 0 bridgehead atoms. The van der Waals surface area contributed by atoms with Gasteiger partial charge in [-0.05, 0) is 25.2 Å². The molecule has 1 N–H and O–H groups in total. The van der Waals surface area contributed by atoms with E-state index >= 15 is 0 Å². The third-order valence-electron chi connectivity index (χ3n) is 4.19. The number of nitrogens with zero attached hydrogens (tertiary/aromatic N) is 1. The summed E-state index contributed by atoms with van der Waals surface area (Å²) in [7, 11) is 1.72. The summed E-state index contributed by atoms with van der Waals surface area (Å²) in [5, 5.41) is 2.78. The highest BCUT2D eigenvalue weighted by Gasteiger charge is 2.32. The average molecular weight is 410 g/mol. The van der Waals surface area contributed by atoms with Crippen LogP contribution in [-0.2, 0) is 11.3 Å². The Bertz CT molecular complexity index is 858. The van der Waals surface area contributed by atoms with E-state index < -0.39 is 6.36 Å². The maximum absolute atomic E-state index is 12.5. The molecule has 0 unspecified atom stereocenters. The Hall–Kier alpha value is -2.94. The van der Waals surface area contributed by atoms with Crippen molar-refractivity contribution >= 4 is 11.6 Å². The summed E-state index contributed by atoms with van der Waals surface area (Å²) >= 11 is 0. The number of anilines is 1. The van der Waals surface area contributed by atoms with E-state index in [0.717, 1.165) is 0 Å². The number of para-hydroxylation sites is 1. The van der Waals surface area contributed by atoms with Gasteiger partial charge in [0.15, 0.2) is 11.5 Å². The number of hydrogen-bond acceptors (Lipinski definition) is 5. The van der Waals surface area contributed by atoms with Crippen LogP contribution in [0, 0.1) is 0 Å². The van der Waals surface area contributed by atoms with Crippen LogP contribution in [0.4, 0.5) is 18.9 Å². The number of amides is 1. The number of benzene rings is 2. The number of halogens is 3. The highest BCUT2D eigenvalue weighted by atomic mass is 19.4. The smallest absolute Gasteiger partial charge is 0.486 e. The Balaban J connectivity index is 1.51. The molecular weight excluding hydrogens is 389 g/mol. The van der Waals surface area contributed by atoms with Crippen LogP contribution in [0.15, 0.2) is 42.5 Å². The van der Waals surface area contributed by atoms with E-state index in [9.17, 15) is 18.0 Å². The number of carbonyl (C=O) groups is 1. The molecule has 0 spiro atoms. The van der Waals surface area contributed by atoms with E-state index in [4.69, 9.17) is 9.47 Å². The summed E-state index contributed by atoms with van der Waals surface area (Å²) < 4.78 is 52.5. The molecule has 6 nitrogen and oxygen atoms in total. The lowest BCUT2D eigenvalue weighted by atomic mass is 10.2. The maximum atomic E-state index is 12.5. The van der Waals surface area contributed by atoms with Gasteiger partial charge in [-0.3, -0.25) is 4.79 Å². The molecular formula is C20H21F3N2O4. The number of ether oxygens (including phenoxy) is 3. The van der Waals surface area contributed by atoms with Gasteiger partial charge in [0.1, 0.15) is 19.0 Å². The minimum Gasteiger partial charge on any atom is -0.486 e. The van der Waals surface area contributed by atoms with Crippen molar-refractivity contribution in [2.24, 2.45) is 0 Å². The average Bonchev–Trinajstić information content (AvgIpc) is 2.67. The predicted molar refractivity (Wildman–Crippen MR) is 100 cm³/mol. The van der Waals surface area contributed by atoms with E-state index in [2.05, 4.69) is 10.1 Å². The first kappa shape index (κ1) is 20.8. The third-order valence-corrected chi connectivity index (χ3v) is 4.19. The lowest BCUT2D eigenvalue weighted by molar-refractivity contribution is -0.275. The topological polar surface area (TPSA) is 60.0 Å². The van der Waals surface area contributed by atoms with Gasteiger partial charge in [0.05, 0.1) is 0 Å². The Labute approximate surface area is 166 Å². The van der Waals surface area contributed by atoms with E-state index in [1.165, 1.54) is 12.1 Å². The Morgan fingerprint density at radius 1 is 1.14 bits per heavy atom. The van der Waals surface area contributed by atoms with Crippen molar-refractivity contribution in [1.82, 2.24) is 4.90 Å². The van der Waals surface area contributed by atoms with Crippen molar-refractivity contribution < 1.29 is 32.2 Å². The van der Waals surface area contributed by atoms with Gasteiger partial charge in [-0.25, -0.2) is 0 Å². The Morgan fingerprint density at radius 3 is 2.62 bits per heavy atom. The van der Waals surface area contributed by atoms with Crippen LogP contribution in [0.1, 0.15) is 12.0 Å². The number of alkyl halides is 3. The molecule has 3 rings (SSSR count). The van der Waals surface area contributed by atoms with Gasteiger partial charge >= 0.3 is 6.36 Å². The van der Waals surface area contributed by atoms with Crippen molar-refractivity contribution in [2.75, 3.05) is 32.1 Å². The van der Waals surface area contributed by atoms with Crippen molar-refractivity contribution in [3.63, 3.8) is 0 Å². The quantitative estimate of drug-likeness (QED) is 0.752. The van der Waals surface area contributed by atoms with Crippen molar-refractivity contribution in [3.05, 3.63) is 48.0 Å². The number of fused-ring (bicyclic) bond motifs is 1. The summed E-state index contributed by atoms with van der Waals surface area (Å²) in [5.41, 5.74) is 0.977. The second kappa shape index (κ2) is 9.04. The van der Waals surface area contributed by atoms with E-state index in [0.29, 0.717) is 42.5 Å². The summed E-state index contributed by atoms with van der Waals surface area (Å²) in [6, 6.07) is 11.1. The zero-order valence-electron chi connectivity index (χ0n) is 15.8. The lowest BCUT2D eigenvalue weighted by Gasteiger charge is -2.20. The Morgan fingerprint density at radius 2 is 1.86 bits per heavy atom. The second-order valence-electron chi connectivity index (χ2n) is 6.55. The molecule has 2 aromatic rings. The van der Waals surface area contributed by atoms with Gasteiger partial charge in [-0.15, -0.1) is 13.2 Å². The van der Waals surface area contributed by atoms with Gasteiger partial charge < -0.3 is 24.4 Å². The summed E-state index contributed by atoms with van der Waals surface area (Å²) in [6.45, 7) is 1.51. The fourth-order valence-corrected chi connectivity index (χ4v) is 2.87. The molecule has 1 aliphatic heterocycles. The maximum Gasteiger partial charge on any atom is 0.573 e. The minimum absolute atomic E-state index is 0.174. The first-order valence-electron chi connectivity index (χ1n) is 9.02. The molecule has 0 atom stereocenters. The molecule has 0 aromatic heterocycles. The number of rotatable bonds is 7. The fraction of sp³-hybridized carbons (Fsp3) is 0.350. The normalized spacial score (nSPS) is 13.3. The van der Waals surface area contributed by atoms with Gasteiger partial charge in [0, 0.05) is 36.8 Å². The molecule has 1 amide bonds. The van der Waals surface area contributed by atoms with Crippen LogP contribution in [0.2, 0.25) is 0 Å². The van der Waals surface area contributed by atoms with Gasteiger partial charge in [-0.2, -0.15) is 0 Å². The number of nitrogens with one attached hydrogen (secondary N) is 1. The van der Waals surface area contributed by atoms with Gasteiger partial charge in [0.2, 0.25) is 5.91 Å². The minimum atomic E-state index is -4.75. The van der Waals surface area contributed by atoms with Gasteiger partial charge in [0.25, 0.3) is 0 Å². The summed E-state index contributed by atoms with van der Waals surface area (Å²) in [6.07, 6.45) is -4.58. The summed E-state index contributed by atoms with van der Waals surface area (Å²) in [5.74, 6) is 0.752. The van der Waals surface area contributed by atoms with E-state index in [-0.39, 0.29) is 24.6 Å². The monoisotopic (exact) mass is 410 g/mol. The van der Waals surface area contributed by atoms with Crippen LogP contribution in [-0.4, -0.2) is 44.0 Å². The highest BCUT2D eigenvalue weighted by molar-refractivity contribution is 5.91. The summed E-state index contributed by atoms with van der Waals surface area (Å²) in [4.78, 5) is 14.0. The van der Waals surface area contributed by atoms with E-state index in [1.54, 1.807) is 42.3 Å². The lowest BCUT2D eigenvalue weighted by Crippen LogP contribution is -2.25. The highest BCUT2D eigenvalue weighted by Crippen LogP contribution is 2.32. The van der Waals surface area contributed by atoms with Crippen molar-refractivity contribution in [2.45, 2.75) is 19.3 Å². The standard InChI is InChI=1S/C20H21F3N2O4/c1-25(13-14-4-2-3-5-16(14)29-20(21,22)23)9-8-19(26)24-15-6-7-17-18(12-15)28-11-10-27-17/h2-7,12H,8-11,13H2,1H3,(H,24,26). The molecule has 29 heavy (non-hydrogen) atoms. The second-order valence-corrected chi connectivity index (χ2v) is 6.55. The number of carbonyl (C=O) groups excluding carboxylic acids is 1. The van der Waals surface area contributed by atoms with Crippen LogP contribution in [0.25, 0.3) is 0 Å².